The fourth-order valence-corrected chi connectivity index (χ4v) is 7.50. The Morgan fingerprint density at radius 1 is 1.15 bits per heavy atom. The Bertz CT molecular complexity index is 1370. The Morgan fingerprint density at radius 2 is 2.02 bits per heavy atom. The zero-order valence-corrected chi connectivity index (χ0v) is 24.7. The number of carbonyl (C=O) groups excluding carboxylic acids is 2. The number of fused-ring (bicyclic) bond motifs is 1. The molecule has 7 nitrogen and oxygen atoms in total. The van der Waals surface area contributed by atoms with Gasteiger partial charge >= 0.3 is 0 Å². The summed E-state index contributed by atoms with van der Waals surface area (Å²) >= 11 is 1.62. The molecule has 0 unspecified atom stereocenters. The summed E-state index contributed by atoms with van der Waals surface area (Å²) in [5, 5.41) is 10.0. The van der Waals surface area contributed by atoms with Crippen LogP contribution in [0.2, 0.25) is 0 Å². The second-order valence-electron chi connectivity index (χ2n) is 11.7. The molecule has 0 spiro atoms. The summed E-state index contributed by atoms with van der Waals surface area (Å²) in [5.41, 5.74) is 4.21. The SMILES string of the molecule is Cc1csc([C@H]2CCCN2C(=O)c2cc3c(c(C(=O)N[C@@H](Cc4ccccc4)C[C@H]4CCCN4)c2)CCCCO3)n1. The predicted molar refractivity (Wildman–Crippen MR) is 162 cm³/mol. The molecule has 1 aromatic heterocycles. The van der Waals surface area contributed by atoms with Gasteiger partial charge in [-0.05, 0) is 89.0 Å². The van der Waals surface area contributed by atoms with E-state index in [1.165, 1.54) is 12.0 Å². The Kier molecular flexibility index (Phi) is 8.67. The van der Waals surface area contributed by atoms with Crippen molar-refractivity contribution >= 4 is 23.2 Å². The third-order valence-electron chi connectivity index (χ3n) is 8.61. The van der Waals surface area contributed by atoms with Crippen molar-refractivity contribution in [3.63, 3.8) is 0 Å². The second kappa shape index (κ2) is 12.7. The number of aryl methyl sites for hydroxylation is 1. The van der Waals surface area contributed by atoms with Gasteiger partial charge in [0.05, 0.1) is 12.6 Å². The van der Waals surface area contributed by atoms with Crippen LogP contribution in [-0.4, -0.2) is 53.5 Å². The number of benzene rings is 2. The number of nitrogens with zero attached hydrogens (tertiary/aromatic N) is 2. The van der Waals surface area contributed by atoms with E-state index in [-0.39, 0.29) is 23.9 Å². The maximum absolute atomic E-state index is 14.1. The molecule has 0 aliphatic carbocycles. The van der Waals surface area contributed by atoms with E-state index < -0.39 is 0 Å². The maximum atomic E-state index is 14.1. The Hall–Kier alpha value is -3.23. The lowest BCUT2D eigenvalue weighted by Crippen LogP contribution is -2.41. The number of amides is 2. The highest BCUT2D eigenvalue weighted by Gasteiger charge is 2.34. The number of ether oxygens (including phenoxy) is 1. The van der Waals surface area contributed by atoms with Gasteiger partial charge in [0, 0.05) is 46.4 Å². The summed E-state index contributed by atoms with van der Waals surface area (Å²) in [6, 6.07) is 14.4. The maximum Gasteiger partial charge on any atom is 0.254 e. The van der Waals surface area contributed by atoms with Crippen molar-refractivity contribution in [3.05, 3.63) is 80.8 Å². The van der Waals surface area contributed by atoms with Gasteiger partial charge in [-0.15, -0.1) is 11.3 Å². The van der Waals surface area contributed by atoms with Crippen molar-refractivity contribution in [1.29, 1.82) is 0 Å². The molecule has 2 amide bonds. The van der Waals surface area contributed by atoms with Crippen molar-refractivity contribution in [1.82, 2.24) is 20.5 Å². The van der Waals surface area contributed by atoms with Crippen molar-refractivity contribution < 1.29 is 14.3 Å². The van der Waals surface area contributed by atoms with Crippen molar-refractivity contribution in [2.24, 2.45) is 0 Å². The van der Waals surface area contributed by atoms with Gasteiger partial charge in [0.1, 0.15) is 10.8 Å². The van der Waals surface area contributed by atoms with Crippen LogP contribution in [0.25, 0.3) is 0 Å². The highest BCUT2D eigenvalue weighted by molar-refractivity contribution is 7.09. The van der Waals surface area contributed by atoms with Crippen LogP contribution in [-0.2, 0) is 12.8 Å². The standard InChI is InChI=1S/C33H40N4O3S/c1-22-21-41-32(35-22)29-13-8-15-37(29)33(39)24-18-28(27-12-5-6-16-40-30(27)19-24)31(38)36-26(20-25-11-7-14-34-25)17-23-9-3-2-4-10-23/h2-4,9-10,18-19,21,25-26,29,34H,5-8,11-17,20H2,1H3,(H,36,38)/t25-,26+,29-/m1/s1. The van der Waals surface area contributed by atoms with Crippen molar-refractivity contribution in [2.75, 3.05) is 19.7 Å². The summed E-state index contributed by atoms with van der Waals surface area (Å²) in [6.07, 6.45) is 8.45. The monoisotopic (exact) mass is 572 g/mol. The first-order valence-electron chi connectivity index (χ1n) is 15.2. The number of hydrogen-bond donors (Lipinski definition) is 2. The topological polar surface area (TPSA) is 83.6 Å². The first kappa shape index (κ1) is 27.9. The number of aromatic nitrogens is 1. The zero-order chi connectivity index (χ0) is 28.2. The van der Waals surface area contributed by atoms with Crippen LogP contribution in [0.4, 0.5) is 0 Å². The molecule has 2 aromatic carbocycles. The van der Waals surface area contributed by atoms with Gasteiger partial charge in [-0.3, -0.25) is 9.59 Å². The van der Waals surface area contributed by atoms with E-state index in [0.29, 0.717) is 36.1 Å². The van der Waals surface area contributed by atoms with Gasteiger partial charge in [0.2, 0.25) is 0 Å². The summed E-state index contributed by atoms with van der Waals surface area (Å²) in [4.78, 5) is 34.7. The van der Waals surface area contributed by atoms with Crippen LogP contribution in [0.3, 0.4) is 0 Å². The second-order valence-corrected chi connectivity index (χ2v) is 12.6. The average Bonchev–Trinajstić information content (AvgIpc) is 3.73. The molecule has 3 aliphatic heterocycles. The van der Waals surface area contributed by atoms with E-state index in [4.69, 9.17) is 4.74 Å². The molecule has 2 saturated heterocycles. The van der Waals surface area contributed by atoms with Gasteiger partial charge in [-0.1, -0.05) is 30.3 Å². The van der Waals surface area contributed by atoms with Crippen LogP contribution in [0.5, 0.6) is 5.75 Å². The number of carbonyl (C=O) groups is 2. The lowest BCUT2D eigenvalue weighted by Gasteiger charge is -2.25. The first-order chi connectivity index (χ1) is 20.0. The van der Waals surface area contributed by atoms with Crippen molar-refractivity contribution in [3.8, 4) is 5.75 Å². The van der Waals surface area contributed by atoms with Crippen LogP contribution < -0.4 is 15.4 Å². The molecule has 0 saturated carbocycles. The first-order valence-corrected chi connectivity index (χ1v) is 16.0. The molecule has 0 bridgehead atoms. The summed E-state index contributed by atoms with van der Waals surface area (Å²) in [6.45, 7) is 4.31. The van der Waals surface area contributed by atoms with Crippen LogP contribution in [0, 0.1) is 6.92 Å². The molecule has 216 valence electrons. The summed E-state index contributed by atoms with van der Waals surface area (Å²) in [7, 11) is 0. The number of nitrogens with one attached hydrogen (secondary N) is 2. The molecule has 4 heterocycles. The predicted octanol–water partition coefficient (Wildman–Crippen LogP) is 5.63. The zero-order valence-electron chi connectivity index (χ0n) is 23.9. The normalized spacial score (nSPS) is 21.1. The molecule has 3 aromatic rings. The van der Waals surface area contributed by atoms with Crippen molar-refractivity contribution in [2.45, 2.75) is 82.8 Å². The highest BCUT2D eigenvalue weighted by atomic mass is 32.1. The number of likely N-dealkylation sites (tertiary alicyclic amines) is 1. The minimum Gasteiger partial charge on any atom is -0.493 e. The molecule has 41 heavy (non-hydrogen) atoms. The summed E-state index contributed by atoms with van der Waals surface area (Å²) < 4.78 is 6.14. The smallest absolute Gasteiger partial charge is 0.254 e. The molecule has 3 aliphatic rings. The van der Waals surface area contributed by atoms with Gasteiger partial charge in [0.25, 0.3) is 11.8 Å². The van der Waals surface area contributed by atoms with E-state index >= 15 is 0 Å². The molecule has 2 fully saturated rings. The van der Waals surface area contributed by atoms with E-state index in [1.54, 1.807) is 11.3 Å². The molecule has 8 heteroatoms. The largest absolute Gasteiger partial charge is 0.493 e. The van der Waals surface area contributed by atoms with Gasteiger partial charge < -0.3 is 20.3 Å². The van der Waals surface area contributed by atoms with Gasteiger partial charge in [-0.25, -0.2) is 4.98 Å². The molecule has 2 N–H and O–H groups in total. The number of rotatable bonds is 8. The molecule has 6 rings (SSSR count). The highest BCUT2D eigenvalue weighted by Crippen LogP contribution is 2.36. The third-order valence-corrected chi connectivity index (χ3v) is 9.67. The molecule has 0 radical (unpaired) electrons. The minimum absolute atomic E-state index is 0.0155. The van der Waals surface area contributed by atoms with Gasteiger partial charge in [0.15, 0.2) is 0 Å². The summed E-state index contributed by atoms with van der Waals surface area (Å²) in [5.74, 6) is 0.506. The number of thiazole rings is 1. The molecular formula is C33H40N4O3S. The van der Waals surface area contributed by atoms with E-state index in [0.717, 1.165) is 74.2 Å². The third kappa shape index (κ3) is 6.49. The fraction of sp³-hybridized carbons (Fsp3) is 0.485. The lowest BCUT2D eigenvalue weighted by atomic mass is 9.95. The Balaban J connectivity index is 1.29. The average molecular weight is 573 g/mol. The minimum atomic E-state index is -0.117. The lowest BCUT2D eigenvalue weighted by molar-refractivity contribution is 0.0735. The van der Waals surface area contributed by atoms with E-state index in [1.807, 2.05) is 47.5 Å². The Morgan fingerprint density at radius 3 is 2.80 bits per heavy atom. The van der Waals surface area contributed by atoms with Crippen LogP contribution in [0.15, 0.2) is 47.8 Å². The van der Waals surface area contributed by atoms with E-state index in [2.05, 4.69) is 27.8 Å². The number of hydrogen-bond acceptors (Lipinski definition) is 6. The fourth-order valence-electron chi connectivity index (χ4n) is 6.56. The molecular weight excluding hydrogens is 532 g/mol. The quantitative estimate of drug-likeness (QED) is 0.366. The van der Waals surface area contributed by atoms with Gasteiger partial charge in [-0.2, -0.15) is 0 Å². The van der Waals surface area contributed by atoms with Crippen LogP contribution in [0.1, 0.15) is 93.5 Å². The van der Waals surface area contributed by atoms with E-state index in [9.17, 15) is 9.59 Å². The van der Waals surface area contributed by atoms with Crippen LogP contribution >= 0.6 is 11.3 Å². The molecule has 3 atom stereocenters. The Labute approximate surface area is 246 Å².